The minimum atomic E-state index is -0.392. The third-order valence-electron chi connectivity index (χ3n) is 2.37. The average Bonchev–Trinajstić information content (AvgIpc) is 2.31. The van der Waals surface area contributed by atoms with Crippen LogP contribution in [-0.4, -0.2) is 19.8 Å². The summed E-state index contributed by atoms with van der Waals surface area (Å²) in [6, 6.07) is 4.44. The van der Waals surface area contributed by atoms with Crippen molar-refractivity contribution in [2.45, 2.75) is 26.0 Å². The molecule has 0 heterocycles. The number of nitrogens with one attached hydrogen (secondary N) is 1. The SMILES string of the molecule is COc1cc(C(COC(C)C)NN)ccc1F. The minimum Gasteiger partial charge on any atom is -0.494 e. The lowest BCUT2D eigenvalue weighted by Crippen LogP contribution is -2.32. The van der Waals surface area contributed by atoms with Crippen LogP contribution >= 0.6 is 0 Å². The summed E-state index contributed by atoms with van der Waals surface area (Å²) in [5.41, 5.74) is 3.47. The molecule has 0 bridgehead atoms. The van der Waals surface area contributed by atoms with Gasteiger partial charge in [-0.2, -0.15) is 0 Å². The molecule has 0 aromatic heterocycles. The Bertz CT molecular complexity index is 358. The van der Waals surface area contributed by atoms with Crippen LogP contribution in [0.15, 0.2) is 18.2 Å². The highest BCUT2D eigenvalue weighted by molar-refractivity contribution is 5.32. The Kier molecular flexibility index (Phi) is 5.34. The lowest BCUT2D eigenvalue weighted by molar-refractivity contribution is 0.0611. The van der Waals surface area contributed by atoms with Gasteiger partial charge in [0.1, 0.15) is 0 Å². The van der Waals surface area contributed by atoms with E-state index in [4.69, 9.17) is 15.3 Å². The van der Waals surface area contributed by atoms with Crippen molar-refractivity contribution in [2.24, 2.45) is 5.84 Å². The van der Waals surface area contributed by atoms with Crippen molar-refractivity contribution in [3.05, 3.63) is 29.6 Å². The maximum Gasteiger partial charge on any atom is 0.165 e. The van der Waals surface area contributed by atoms with E-state index in [1.807, 2.05) is 13.8 Å². The Morgan fingerprint density at radius 1 is 1.41 bits per heavy atom. The van der Waals surface area contributed by atoms with Crippen LogP contribution in [0.1, 0.15) is 25.5 Å². The predicted octanol–water partition coefficient (Wildman–Crippen LogP) is 1.76. The number of methoxy groups -OCH3 is 1. The molecule has 0 aliphatic rings. The molecule has 5 heteroatoms. The lowest BCUT2D eigenvalue weighted by Gasteiger charge is -2.18. The third kappa shape index (κ3) is 3.96. The first kappa shape index (κ1) is 13.9. The molecular formula is C12H19FN2O2. The van der Waals surface area contributed by atoms with Crippen LogP contribution < -0.4 is 16.0 Å². The van der Waals surface area contributed by atoms with Gasteiger partial charge in [-0.15, -0.1) is 0 Å². The number of hydrogen-bond donors (Lipinski definition) is 2. The van der Waals surface area contributed by atoms with Crippen LogP contribution in [0.5, 0.6) is 5.75 Å². The van der Waals surface area contributed by atoms with Gasteiger partial charge in [-0.3, -0.25) is 11.3 Å². The molecule has 0 spiro atoms. The zero-order chi connectivity index (χ0) is 12.8. The summed E-state index contributed by atoms with van der Waals surface area (Å²) in [4.78, 5) is 0. The number of benzene rings is 1. The van der Waals surface area contributed by atoms with Crippen LogP contribution in [0.2, 0.25) is 0 Å². The molecule has 96 valence electrons. The topological polar surface area (TPSA) is 56.5 Å². The van der Waals surface area contributed by atoms with Crippen molar-refractivity contribution in [1.29, 1.82) is 0 Å². The van der Waals surface area contributed by atoms with Crippen LogP contribution in [0, 0.1) is 5.82 Å². The Morgan fingerprint density at radius 2 is 2.12 bits per heavy atom. The molecule has 17 heavy (non-hydrogen) atoms. The van der Waals surface area contributed by atoms with Gasteiger partial charge in [0.15, 0.2) is 11.6 Å². The van der Waals surface area contributed by atoms with Gasteiger partial charge in [-0.05, 0) is 31.5 Å². The van der Waals surface area contributed by atoms with E-state index in [1.54, 1.807) is 12.1 Å². The first-order valence-corrected chi connectivity index (χ1v) is 5.49. The smallest absolute Gasteiger partial charge is 0.165 e. The fourth-order valence-electron chi connectivity index (χ4n) is 1.42. The van der Waals surface area contributed by atoms with Gasteiger partial charge >= 0.3 is 0 Å². The summed E-state index contributed by atoms with van der Waals surface area (Å²) >= 11 is 0. The molecule has 0 amide bonds. The molecule has 1 aromatic rings. The van der Waals surface area contributed by atoms with Gasteiger partial charge in [0, 0.05) is 0 Å². The summed E-state index contributed by atoms with van der Waals surface area (Å²) in [5.74, 6) is 5.27. The number of nitrogens with two attached hydrogens (primary N) is 1. The second kappa shape index (κ2) is 6.54. The number of halogens is 1. The van der Waals surface area contributed by atoms with E-state index in [9.17, 15) is 4.39 Å². The van der Waals surface area contributed by atoms with Crippen LogP contribution in [0.4, 0.5) is 4.39 Å². The van der Waals surface area contributed by atoms with Crippen molar-refractivity contribution in [2.75, 3.05) is 13.7 Å². The number of ether oxygens (including phenoxy) is 2. The van der Waals surface area contributed by atoms with Gasteiger partial charge in [0.2, 0.25) is 0 Å². The van der Waals surface area contributed by atoms with Crippen LogP contribution in [0.25, 0.3) is 0 Å². The van der Waals surface area contributed by atoms with Crippen molar-refractivity contribution in [3.63, 3.8) is 0 Å². The Morgan fingerprint density at radius 3 is 2.65 bits per heavy atom. The zero-order valence-corrected chi connectivity index (χ0v) is 10.4. The third-order valence-corrected chi connectivity index (χ3v) is 2.37. The first-order chi connectivity index (χ1) is 8.08. The summed E-state index contributed by atoms with van der Waals surface area (Å²) in [6.07, 6.45) is 0.119. The highest BCUT2D eigenvalue weighted by Crippen LogP contribution is 2.22. The van der Waals surface area contributed by atoms with E-state index >= 15 is 0 Å². The van der Waals surface area contributed by atoms with Crippen molar-refractivity contribution in [1.82, 2.24) is 5.43 Å². The highest BCUT2D eigenvalue weighted by atomic mass is 19.1. The normalized spacial score (nSPS) is 12.8. The average molecular weight is 242 g/mol. The van der Waals surface area contributed by atoms with Gasteiger partial charge in [-0.25, -0.2) is 4.39 Å². The molecule has 1 unspecified atom stereocenters. The van der Waals surface area contributed by atoms with E-state index in [0.717, 1.165) is 5.56 Å². The van der Waals surface area contributed by atoms with Crippen LogP contribution in [0.3, 0.4) is 0 Å². The standard InChI is InChI=1S/C12H19FN2O2/c1-8(2)17-7-11(15-14)9-4-5-10(13)12(6-9)16-3/h4-6,8,11,15H,7,14H2,1-3H3. The molecule has 1 aromatic carbocycles. The summed E-state index contributed by atoms with van der Waals surface area (Å²) in [7, 11) is 1.43. The molecule has 1 rings (SSSR count). The monoisotopic (exact) mass is 242 g/mol. The largest absolute Gasteiger partial charge is 0.494 e. The summed E-state index contributed by atoms with van der Waals surface area (Å²) in [6.45, 7) is 4.31. The molecule has 0 saturated heterocycles. The first-order valence-electron chi connectivity index (χ1n) is 5.49. The molecule has 0 saturated carbocycles. The Balaban J connectivity index is 2.80. The van der Waals surface area contributed by atoms with E-state index in [0.29, 0.717) is 6.61 Å². The van der Waals surface area contributed by atoms with Gasteiger partial charge < -0.3 is 9.47 Å². The maximum atomic E-state index is 13.2. The molecular weight excluding hydrogens is 223 g/mol. The van der Waals surface area contributed by atoms with E-state index < -0.39 is 5.82 Å². The van der Waals surface area contributed by atoms with Gasteiger partial charge in [-0.1, -0.05) is 6.07 Å². The molecule has 3 N–H and O–H groups in total. The zero-order valence-electron chi connectivity index (χ0n) is 10.4. The van der Waals surface area contributed by atoms with Crippen molar-refractivity contribution in [3.8, 4) is 5.75 Å². The molecule has 0 fully saturated rings. The summed E-state index contributed by atoms with van der Waals surface area (Å²) < 4.78 is 23.6. The fourth-order valence-corrected chi connectivity index (χ4v) is 1.42. The van der Waals surface area contributed by atoms with Gasteiger partial charge in [0.25, 0.3) is 0 Å². The number of rotatable bonds is 6. The summed E-state index contributed by atoms with van der Waals surface area (Å²) in [5, 5.41) is 0. The second-order valence-electron chi connectivity index (χ2n) is 4.00. The molecule has 0 aliphatic carbocycles. The predicted molar refractivity (Wildman–Crippen MR) is 64.1 cm³/mol. The second-order valence-corrected chi connectivity index (χ2v) is 4.00. The quantitative estimate of drug-likeness (QED) is 0.589. The molecule has 0 radical (unpaired) electrons. The highest BCUT2D eigenvalue weighted by Gasteiger charge is 2.13. The maximum absolute atomic E-state index is 13.2. The van der Waals surface area contributed by atoms with E-state index in [-0.39, 0.29) is 17.9 Å². The molecule has 4 nitrogen and oxygen atoms in total. The number of hydrogen-bond acceptors (Lipinski definition) is 4. The molecule has 1 atom stereocenters. The minimum absolute atomic E-state index is 0.119. The molecule has 0 aliphatic heterocycles. The van der Waals surface area contributed by atoms with E-state index in [2.05, 4.69) is 5.43 Å². The van der Waals surface area contributed by atoms with E-state index in [1.165, 1.54) is 13.2 Å². The number of hydrazine groups is 1. The van der Waals surface area contributed by atoms with Crippen molar-refractivity contribution >= 4 is 0 Å². The van der Waals surface area contributed by atoms with Crippen molar-refractivity contribution < 1.29 is 13.9 Å². The Hall–Kier alpha value is -1.17. The van der Waals surface area contributed by atoms with Crippen LogP contribution in [-0.2, 0) is 4.74 Å². The lowest BCUT2D eigenvalue weighted by atomic mass is 10.1. The fraction of sp³-hybridized carbons (Fsp3) is 0.500. The van der Waals surface area contributed by atoms with Gasteiger partial charge in [0.05, 0.1) is 25.9 Å². The Labute approximate surface area is 101 Å².